The summed E-state index contributed by atoms with van der Waals surface area (Å²) in [5.41, 5.74) is 2.18. The Bertz CT molecular complexity index is 628. The molecule has 1 heterocycles. The first kappa shape index (κ1) is 15.5. The zero-order valence-electron chi connectivity index (χ0n) is 12.1. The smallest absolute Gasteiger partial charge is 0.269 e. The van der Waals surface area contributed by atoms with Crippen LogP contribution in [0.15, 0.2) is 47.1 Å². The third-order valence-corrected chi connectivity index (χ3v) is 3.51. The van der Waals surface area contributed by atoms with Crippen LogP contribution >= 0.6 is 15.9 Å². The van der Waals surface area contributed by atoms with E-state index in [4.69, 9.17) is 0 Å². The molecule has 21 heavy (non-hydrogen) atoms. The molecule has 0 radical (unpaired) electrons. The first-order chi connectivity index (χ1) is 10.1. The van der Waals surface area contributed by atoms with Gasteiger partial charge in [-0.2, -0.15) is 0 Å². The molecule has 0 unspecified atom stereocenters. The summed E-state index contributed by atoms with van der Waals surface area (Å²) < 4.78 is 0.965. The van der Waals surface area contributed by atoms with Crippen molar-refractivity contribution in [3.8, 4) is 0 Å². The van der Waals surface area contributed by atoms with E-state index in [1.807, 2.05) is 30.3 Å². The van der Waals surface area contributed by atoms with Gasteiger partial charge >= 0.3 is 0 Å². The molecule has 1 amide bonds. The van der Waals surface area contributed by atoms with E-state index in [1.54, 1.807) is 12.3 Å². The molecular weight excluding hydrogens is 330 g/mol. The number of aromatic nitrogens is 1. The molecule has 2 aromatic rings. The van der Waals surface area contributed by atoms with Crippen LogP contribution in [0.25, 0.3) is 0 Å². The van der Waals surface area contributed by atoms with Crippen LogP contribution in [0.2, 0.25) is 0 Å². The molecule has 0 bridgehead atoms. The number of amides is 1. The zero-order chi connectivity index (χ0) is 15.2. The molecule has 0 saturated heterocycles. The highest BCUT2D eigenvalue weighted by atomic mass is 79.9. The molecule has 0 saturated carbocycles. The maximum absolute atomic E-state index is 12.0. The number of rotatable bonds is 5. The van der Waals surface area contributed by atoms with E-state index < -0.39 is 0 Å². The lowest BCUT2D eigenvalue weighted by molar-refractivity contribution is 0.0944. The number of hydrogen-bond acceptors (Lipinski definition) is 3. The highest BCUT2D eigenvalue weighted by molar-refractivity contribution is 9.10. The number of pyridine rings is 1. The molecule has 0 aliphatic carbocycles. The molecular formula is C16H18BrN3O. The van der Waals surface area contributed by atoms with Crippen molar-refractivity contribution in [3.05, 3.63) is 52.8 Å². The zero-order valence-corrected chi connectivity index (χ0v) is 13.6. The van der Waals surface area contributed by atoms with Crippen molar-refractivity contribution in [1.29, 1.82) is 0 Å². The van der Waals surface area contributed by atoms with Crippen molar-refractivity contribution >= 4 is 33.2 Å². The predicted octanol–water partition coefficient (Wildman–Crippen LogP) is 3.97. The summed E-state index contributed by atoms with van der Waals surface area (Å²) in [7, 11) is 0. The van der Waals surface area contributed by atoms with E-state index in [2.05, 4.69) is 45.4 Å². The molecule has 2 N–H and O–H groups in total. The van der Waals surface area contributed by atoms with Crippen LogP contribution in [0.1, 0.15) is 24.3 Å². The number of anilines is 2. The Balaban J connectivity index is 2.11. The van der Waals surface area contributed by atoms with Crippen LogP contribution in [-0.2, 0) is 0 Å². The van der Waals surface area contributed by atoms with E-state index >= 15 is 0 Å². The summed E-state index contributed by atoms with van der Waals surface area (Å²) in [6, 6.07) is 11.4. The van der Waals surface area contributed by atoms with Crippen molar-refractivity contribution in [2.45, 2.75) is 13.8 Å². The molecule has 4 nitrogen and oxygen atoms in total. The van der Waals surface area contributed by atoms with Gasteiger partial charge in [0.25, 0.3) is 5.91 Å². The fourth-order valence-electron chi connectivity index (χ4n) is 1.74. The van der Waals surface area contributed by atoms with E-state index in [0.29, 0.717) is 18.2 Å². The van der Waals surface area contributed by atoms with E-state index in [-0.39, 0.29) is 5.91 Å². The summed E-state index contributed by atoms with van der Waals surface area (Å²) in [6.45, 7) is 4.75. The SMILES string of the molecule is CC(C)CNC(=O)c1cc(Nc2ccccc2Br)ccn1. The number of carbonyl (C=O) groups excluding carboxylic acids is 1. The van der Waals surface area contributed by atoms with E-state index in [9.17, 15) is 4.79 Å². The van der Waals surface area contributed by atoms with E-state index in [1.165, 1.54) is 0 Å². The Labute approximate surface area is 133 Å². The van der Waals surface area contributed by atoms with Gasteiger partial charge < -0.3 is 10.6 Å². The van der Waals surface area contributed by atoms with Crippen LogP contribution in [0.5, 0.6) is 0 Å². The van der Waals surface area contributed by atoms with Gasteiger partial charge in [0.15, 0.2) is 0 Å². The minimum absolute atomic E-state index is 0.153. The Hall–Kier alpha value is -1.88. The predicted molar refractivity (Wildman–Crippen MR) is 88.8 cm³/mol. The number of benzene rings is 1. The Morgan fingerprint density at radius 3 is 2.76 bits per heavy atom. The molecule has 0 spiro atoms. The lowest BCUT2D eigenvalue weighted by atomic mass is 10.2. The Morgan fingerprint density at radius 1 is 1.29 bits per heavy atom. The topological polar surface area (TPSA) is 54.0 Å². The first-order valence-corrected chi connectivity index (χ1v) is 7.61. The highest BCUT2D eigenvalue weighted by Crippen LogP contribution is 2.25. The van der Waals surface area contributed by atoms with Crippen molar-refractivity contribution in [1.82, 2.24) is 10.3 Å². The third kappa shape index (κ3) is 4.56. The molecule has 2 rings (SSSR count). The van der Waals surface area contributed by atoms with E-state index in [0.717, 1.165) is 15.8 Å². The first-order valence-electron chi connectivity index (χ1n) is 6.82. The Morgan fingerprint density at radius 2 is 2.05 bits per heavy atom. The van der Waals surface area contributed by atoms with Crippen molar-refractivity contribution in [3.63, 3.8) is 0 Å². The van der Waals surface area contributed by atoms with Crippen molar-refractivity contribution in [2.75, 3.05) is 11.9 Å². The molecule has 0 aliphatic rings. The normalized spacial score (nSPS) is 10.5. The monoisotopic (exact) mass is 347 g/mol. The number of halogens is 1. The van der Waals surface area contributed by atoms with Gasteiger partial charge in [0.05, 0.1) is 5.69 Å². The van der Waals surface area contributed by atoms with Gasteiger partial charge in [-0.1, -0.05) is 26.0 Å². The van der Waals surface area contributed by atoms with Gasteiger partial charge in [-0.05, 0) is 46.1 Å². The third-order valence-electron chi connectivity index (χ3n) is 2.82. The number of para-hydroxylation sites is 1. The molecule has 1 aromatic carbocycles. The number of hydrogen-bond donors (Lipinski definition) is 2. The van der Waals surface area contributed by atoms with Gasteiger partial charge in [-0.15, -0.1) is 0 Å². The van der Waals surface area contributed by atoms with Crippen LogP contribution in [-0.4, -0.2) is 17.4 Å². The van der Waals surface area contributed by atoms with Gasteiger partial charge in [0, 0.05) is 22.9 Å². The lowest BCUT2D eigenvalue weighted by Crippen LogP contribution is -2.28. The fraction of sp³-hybridized carbons (Fsp3) is 0.250. The summed E-state index contributed by atoms with van der Waals surface area (Å²) in [5.74, 6) is 0.259. The summed E-state index contributed by atoms with van der Waals surface area (Å²) in [6.07, 6.45) is 1.63. The van der Waals surface area contributed by atoms with Crippen molar-refractivity contribution < 1.29 is 4.79 Å². The molecule has 0 fully saturated rings. The standard InChI is InChI=1S/C16H18BrN3O/c1-11(2)10-19-16(21)15-9-12(7-8-18-15)20-14-6-4-3-5-13(14)17/h3-9,11H,10H2,1-2H3,(H,18,20)(H,19,21). The Kier molecular flexibility index (Phi) is 5.33. The second kappa shape index (κ2) is 7.22. The quantitative estimate of drug-likeness (QED) is 0.860. The van der Waals surface area contributed by atoms with Crippen LogP contribution in [0, 0.1) is 5.92 Å². The van der Waals surface area contributed by atoms with Crippen molar-refractivity contribution in [2.24, 2.45) is 5.92 Å². The average Bonchev–Trinajstić information content (AvgIpc) is 2.47. The van der Waals surface area contributed by atoms with Gasteiger partial charge in [0.2, 0.25) is 0 Å². The van der Waals surface area contributed by atoms with Gasteiger partial charge in [-0.3, -0.25) is 9.78 Å². The maximum Gasteiger partial charge on any atom is 0.269 e. The lowest BCUT2D eigenvalue weighted by Gasteiger charge is -2.10. The number of nitrogens with one attached hydrogen (secondary N) is 2. The average molecular weight is 348 g/mol. The fourth-order valence-corrected chi connectivity index (χ4v) is 2.12. The summed E-state index contributed by atoms with van der Waals surface area (Å²) in [4.78, 5) is 16.1. The van der Waals surface area contributed by atoms with Gasteiger partial charge in [-0.25, -0.2) is 0 Å². The van der Waals surface area contributed by atoms with Crippen LogP contribution in [0.4, 0.5) is 11.4 Å². The minimum atomic E-state index is -0.153. The van der Waals surface area contributed by atoms with Crippen LogP contribution < -0.4 is 10.6 Å². The molecule has 5 heteroatoms. The van der Waals surface area contributed by atoms with Crippen LogP contribution in [0.3, 0.4) is 0 Å². The molecule has 1 aromatic heterocycles. The molecule has 110 valence electrons. The largest absolute Gasteiger partial charge is 0.354 e. The van der Waals surface area contributed by atoms with Gasteiger partial charge in [0.1, 0.15) is 5.69 Å². The number of carbonyl (C=O) groups is 1. The molecule has 0 atom stereocenters. The second-order valence-corrected chi connectivity index (χ2v) is 5.99. The minimum Gasteiger partial charge on any atom is -0.354 e. The number of nitrogens with zero attached hydrogens (tertiary/aromatic N) is 1. The summed E-state index contributed by atoms with van der Waals surface area (Å²) in [5, 5.41) is 6.13. The second-order valence-electron chi connectivity index (χ2n) is 5.14. The molecule has 0 aliphatic heterocycles. The summed E-state index contributed by atoms with van der Waals surface area (Å²) >= 11 is 3.48. The maximum atomic E-state index is 12.0. The highest BCUT2D eigenvalue weighted by Gasteiger charge is 2.08.